The summed E-state index contributed by atoms with van der Waals surface area (Å²) in [5, 5.41) is 0.638. The van der Waals surface area contributed by atoms with Crippen molar-refractivity contribution in [3.05, 3.63) is 88.4 Å². The molecule has 30 heavy (non-hydrogen) atoms. The van der Waals surface area contributed by atoms with Crippen molar-refractivity contribution in [3.63, 3.8) is 0 Å². The number of thiazole rings is 1. The largest absolute Gasteiger partial charge is 0.455 e. The van der Waals surface area contributed by atoms with Gasteiger partial charge in [0, 0.05) is 11.1 Å². The van der Waals surface area contributed by atoms with Crippen molar-refractivity contribution < 1.29 is 22.7 Å². The van der Waals surface area contributed by atoms with Gasteiger partial charge in [-0.2, -0.15) is 0 Å². The minimum absolute atomic E-state index is 0.0240. The fourth-order valence-electron chi connectivity index (χ4n) is 3.40. The summed E-state index contributed by atoms with van der Waals surface area (Å²) in [6.07, 6.45) is 0. The second-order valence-corrected chi connectivity index (χ2v) is 9.69. The van der Waals surface area contributed by atoms with Gasteiger partial charge in [0.1, 0.15) is 11.6 Å². The molecule has 0 saturated heterocycles. The van der Waals surface area contributed by atoms with Crippen LogP contribution in [0.15, 0.2) is 76.5 Å². The molecular weight excluding hydrogens is 422 g/mol. The number of ether oxygens (including phenoxy) is 1. The molecule has 148 valence electrons. The van der Waals surface area contributed by atoms with Crippen LogP contribution in [-0.2, 0) is 21.2 Å². The Hall–Kier alpha value is -3.36. The average molecular weight is 435 g/mol. The number of rotatable bonds is 3. The van der Waals surface area contributed by atoms with Crippen LogP contribution in [0.25, 0.3) is 10.2 Å². The van der Waals surface area contributed by atoms with Gasteiger partial charge in [0.25, 0.3) is 0 Å². The van der Waals surface area contributed by atoms with Crippen LogP contribution in [0, 0.1) is 0 Å². The minimum Gasteiger partial charge on any atom is -0.455 e. The third-order valence-corrected chi connectivity index (χ3v) is 7.70. The quantitative estimate of drug-likeness (QED) is 0.398. The molecular formula is C22H13NO5S2. The molecule has 1 aliphatic rings. The molecule has 4 aromatic rings. The Bertz CT molecular complexity index is 1420. The Morgan fingerprint density at radius 2 is 1.67 bits per heavy atom. The number of sulfone groups is 1. The number of carbonyl (C=O) groups excluding carboxylic acids is 2. The molecule has 0 N–H and O–H groups in total. The van der Waals surface area contributed by atoms with Crippen molar-refractivity contribution in [2.75, 3.05) is 0 Å². The van der Waals surface area contributed by atoms with Gasteiger partial charge >= 0.3 is 5.97 Å². The molecule has 0 saturated carbocycles. The van der Waals surface area contributed by atoms with Crippen LogP contribution in [0.2, 0.25) is 0 Å². The van der Waals surface area contributed by atoms with Crippen LogP contribution in [-0.4, -0.2) is 25.2 Å². The summed E-state index contributed by atoms with van der Waals surface area (Å²) >= 11 is 1.42. The number of hydrogen-bond acceptors (Lipinski definition) is 7. The predicted octanol–water partition coefficient (Wildman–Crippen LogP) is 4.03. The molecule has 8 heteroatoms. The zero-order valence-corrected chi connectivity index (χ0v) is 17.0. The van der Waals surface area contributed by atoms with Gasteiger partial charge < -0.3 is 4.74 Å². The van der Waals surface area contributed by atoms with E-state index in [4.69, 9.17) is 4.74 Å². The van der Waals surface area contributed by atoms with E-state index in [2.05, 4.69) is 4.98 Å². The van der Waals surface area contributed by atoms with E-state index in [0.717, 1.165) is 10.2 Å². The molecule has 0 bridgehead atoms. The Morgan fingerprint density at radius 3 is 2.50 bits per heavy atom. The van der Waals surface area contributed by atoms with E-state index in [1.165, 1.54) is 41.7 Å². The minimum atomic E-state index is -3.91. The zero-order valence-electron chi connectivity index (χ0n) is 15.4. The van der Waals surface area contributed by atoms with Crippen molar-refractivity contribution in [2.24, 2.45) is 0 Å². The number of fused-ring (bicyclic) bond motifs is 3. The van der Waals surface area contributed by atoms with Crippen molar-refractivity contribution in [3.8, 4) is 0 Å². The molecule has 0 atom stereocenters. The fourth-order valence-corrected chi connectivity index (χ4v) is 5.96. The van der Waals surface area contributed by atoms with Crippen LogP contribution >= 0.6 is 11.3 Å². The Balaban J connectivity index is 1.44. The summed E-state index contributed by atoms with van der Waals surface area (Å²) in [5.41, 5.74) is 1.07. The third-order valence-electron chi connectivity index (χ3n) is 4.84. The van der Waals surface area contributed by atoms with Crippen molar-refractivity contribution >= 4 is 43.1 Å². The van der Waals surface area contributed by atoms with Crippen LogP contribution in [0.3, 0.4) is 0 Å². The van der Waals surface area contributed by atoms with Crippen molar-refractivity contribution in [1.82, 2.24) is 4.98 Å². The number of aromatic nitrogens is 1. The lowest BCUT2D eigenvalue weighted by molar-refractivity contribution is 0.0472. The Morgan fingerprint density at radius 1 is 0.933 bits per heavy atom. The number of carbonyl (C=O) groups is 2. The average Bonchev–Trinajstić information content (AvgIpc) is 3.19. The number of ketones is 1. The molecule has 0 unspecified atom stereocenters. The molecule has 6 nitrogen and oxygen atoms in total. The number of hydrogen-bond donors (Lipinski definition) is 0. The van der Waals surface area contributed by atoms with Crippen LogP contribution in [0.5, 0.6) is 0 Å². The summed E-state index contributed by atoms with van der Waals surface area (Å²) in [7, 11) is -3.91. The summed E-state index contributed by atoms with van der Waals surface area (Å²) in [5.74, 6) is -1.07. The van der Waals surface area contributed by atoms with Gasteiger partial charge in [-0.3, -0.25) is 4.79 Å². The zero-order chi connectivity index (χ0) is 20.9. The topological polar surface area (TPSA) is 90.4 Å². The standard InChI is InChI=1S/C22H13NO5S2/c24-21-14-5-1-4-8-18(14)30(26,27)19-11-13(9-10-15(19)21)22(25)28-12-20-23-16-6-2-3-7-17(16)29-20/h1-11H,12H2. The second kappa shape index (κ2) is 6.86. The first-order chi connectivity index (χ1) is 14.4. The molecule has 5 rings (SSSR count). The first-order valence-corrected chi connectivity index (χ1v) is 11.3. The van der Waals surface area contributed by atoms with Crippen LogP contribution in [0.1, 0.15) is 31.3 Å². The summed E-state index contributed by atoms with van der Waals surface area (Å²) < 4.78 is 32.3. The molecule has 0 fully saturated rings. The van der Waals surface area contributed by atoms with E-state index in [-0.39, 0.29) is 38.9 Å². The normalized spacial score (nSPS) is 14.2. The molecule has 3 aromatic carbocycles. The van der Waals surface area contributed by atoms with Gasteiger partial charge in [-0.1, -0.05) is 24.3 Å². The van der Waals surface area contributed by atoms with E-state index in [0.29, 0.717) is 5.01 Å². The van der Waals surface area contributed by atoms with E-state index < -0.39 is 15.8 Å². The van der Waals surface area contributed by atoms with E-state index >= 15 is 0 Å². The highest BCUT2D eigenvalue weighted by Gasteiger charge is 2.35. The first kappa shape index (κ1) is 18.7. The van der Waals surface area contributed by atoms with Gasteiger partial charge in [0.2, 0.25) is 9.84 Å². The molecule has 1 aromatic heterocycles. The maximum atomic E-state index is 13.0. The maximum absolute atomic E-state index is 13.0. The highest BCUT2D eigenvalue weighted by atomic mass is 32.2. The molecule has 0 aliphatic carbocycles. The summed E-state index contributed by atoms with van der Waals surface area (Å²) in [6.45, 7) is -0.0240. The highest BCUT2D eigenvalue weighted by Crippen LogP contribution is 2.35. The highest BCUT2D eigenvalue weighted by molar-refractivity contribution is 7.91. The number of para-hydroxylation sites is 1. The van der Waals surface area contributed by atoms with E-state index in [1.54, 1.807) is 12.1 Å². The lowest BCUT2D eigenvalue weighted by atomic mass is 10.0. The Labute approximate surface area is 175 Å². The fraction of sp³-hybridized carbons (Fsp3) is 0.0455. The van der Waals surface area contributed by atoms with E-state index in [9.17, 15) is 18.0 Å². The Kier molecular flexibility index (Phi) is 4.27. The number of esters is 1. The van der Waals surface area contributed by atoms with Crippen LogP contribution in [0.4, 0.5) is 0 Å². The molecule has 0 radical (unpaired) electrons. The lowest BCUT2D eigenvalue weighted by Gasteiger charge is -2.19. The lowest BCUT2D eigenvalue weighted by Crippen LogP contribution is -2.21. The van der Waals surface area contributed by atoms with Gasteiger partial charge in [0.15, 0.2) is 5.78 Å². The van der Waals surface area contributed by atoms with Gasteiger partial charge in [-0.15, -0.1) is 11.3 Å². The van der Waals surface area contributed by atoms with Gasteiger partial charge in [-0.25, -0.2) is 18.2 Å². The number of nitrogens with zero attached hydrogens (tertiary/aromatic N) is 1. The summed E-state index contributed by atoms with van der Waals surface area (Å²) in [4.78, 5) is 29.4. The van der Waals surface area contributed by atoms with Crippen molar-refractivity contribution in [2.45, 2.75) is 16.4 Å². The van der Waals surface area contributed by atoms with Gasteiger partial charge in [-0.05, 0) is 42.5 Å². The molecule has 0 spiro atoms. The summed E-state index contributed by atoms with van der Waals surface area (Å²) in [6, 6.07) is 17.6. The van der Waals surface area contributed by atoms with Crippen LogP contribution < -0.4 is 0 Å². The monoisotopic (exact) mass is 435 g/mol. The third kappa shape index (κ3) is 2.92. The van der Waals surface area contributed by atoms with Gasteiger partial charge in [0.05, 0.1) is 25.6 Å². The molecule has 2 heterocycles. The van der Waals surface area contributed by atoms with Crippen molar-refractivity contribution in [1.29, 1.82) is 0 Å². The molecule has 0 amide bonds. The smallest absolute Gasteiger partial charge is 0.338 e. The SMILES string of the molecule is O=C(OCc1nc2ccccc2s1)c1ccc2c(c1)S(=O)(=O)c1ccccc1C2=O. The van der Waals surface area contributed by atoms with E-state index in [1.807, 2.05) is 24.3 Å². The maximum Gasteiger partial charge on any atom is 0.338 e. The number of benzene rings is 3. The first-order valence-electron chi connectivity index (χ1n) is 8.99. The second-order valence-electron chi connectivity index (χ2n) is 6.69. The molecule has 1 aliphatic heterocycles. The predicted molar refractivity (Wildman–Crippen MR) is 111 cm³/mol.